The Labute approximate surface area is 145 Å². The third kappa shape index (κ3) is 3.43. The summed E-state index contributed by atoms with van der Waals surface area (Å²) in [5.41, 5.74) is 1.17. The number of carbonyl (C=O) groups excluding carboxylic acids is 1. The smallest absolute Gasteiger partial charge is 0.256 e. The Morgan fingerprint density at radius 3 is 2.36 bits per heavy atom. The van der Waals surface area contributed by atoms with Crippen LogP contribution >= 0.6 is 0 Å². The summed E-state index contributed by atoms with van der Waals surface area (Å²) in [4.78, 5) is 14.4. The average molecular weight is 363 g/mol. The number of halogens is 1. The van der Waals surface area contributed by atoms with Crippen molar-refractivity contribution in [2.75, 3.05) is 21.2 Å². The summed E-state index contributed by atoms with van der Waals surface area (Å²) in [5, 5.41) is 3.12. The molecule has 0 bridgehead atoms. The highest BCUT2D eigenvalue weighted by Crippen LogP contribution is 2.41. The molecule has 2 aromatic rings. The summed E-state index contributed by atoms with van der Waals surface area (Å²) in [6.45, 7) is 3.46. The van der Waals surface area contributed by atoms with E-state index in [-0.39, 0.29) is 5.91 Å². The summed E-state index contributed by atoms with van der Waals surface area (Å²) >= 11 is 0. The lowest BCUT2D eigenvalue weighted by Crippen LogP contribution is -2.52. The second kappa shape index (κ2) is 5.73. The summed E-state index contributed by atoms with van der Waals surface area (Å²) in [7, 11) is -3.41. The molecule has 0 saturated heterocycles. The van der Waals surface area contributed by atoms with Gasteiger partial charge in [-0.15, -0.1) is 0 Å². The normalized spacial score (nSPS) is 16.2. The molecular weight excluding hydrogens is 345 g/mol. The molecule has 6 nitrogen and oxygen atoms in total. The van der Waals surface area contributed by atoms with E-state index in [9.17, 15) is 17.6 Å². The highest BCUT2D eigenvalue weighted by molar-refractivity contribution is 7.92. The number of fused-ring (bicyclic) bond motifs is 1. The van der Waals surface area contributed by atoms with Gasteiger partial charge < -0.3 is 5.32 Å². The highest BCUT2D eigenvalue weighted by atomic mass is 32.2. The largest absolute Gasteiger partial charge is 0.370 e. The van der Waals surface area contributed by atoms with Gasteiger partial charge in [0.15, 0.2) is 0 Å². The SMILES string of the molecule is CC1(C)Nc2cc(NS(C)(=O)=O)ccc2N(c2ccc(F)cc2)C1=O. The molecule has 3 rings (SSSR count). The number of benzene rings is 2. The minimum absolute atomic E-state index is 0.199. The van der Waals surface area contributed by atoms with E-state index in [2.05, 4.69) is 10.0 Å². The van der Waals surface area contributed by atoms with Gasteiger partial charge >= 0.3 is 0 Å². The lowest BCUT2D eigenvalue weighted by Gasteiger charge is -2.40. The maximum Gasteiger partial charge on any atom is 0.256 e. The third-order valence-electron chi connectivity index (χ3n) is 3.81. The second-order valence-corrected chi connectivity index (χ2v) is 8.22. The van der Waals surface area contributed by atoms with Crippen LogP contribution in [0.3, 0.4) is 0 Å². The maximum absolute atomic E-state index is 13.2. The number of nitrogens with one attached hydrogen (secondary N) is 2. The van der Waals surface area contributed by atoms with Crippen LogP contribution < -0.4 is 14.9 Å². The fourth-order valence-electron chi connectivity index (χ4n) is 2.73. The molecule has 2 N–H and O–H groups in total. The number of carbonyl (C=O) groups is 1. The van der Waals surface area contributed by atoms with Gasteiger partial charge in [-0.25, -0.2) is 12.8 Å². The molecule has 2 aromatic carbocycles. The average Bonchev–Trinajstić information content (AvgIpc) is 2.48. The van der Waals surface area contributed by atoms with Crippen molar-refractivity contribution in [3.63, 3.8) is 0 Å². The summed E-state index contributed by atoms with van der Waals surface area (Å²) < 4.78 is 38.5. The maximum atomic E-state index is 13.2. The van der Waals surface area contributed by atoms with E-state index in [0.29, 0.717) is 22.7 Å². The number of hydrogen-bond donors (Lipinski definition) is 2. The topological polar surface area (TPSA) is 78.5 Å². The van der Waals surface area contributed by atoms with E-state index >= 15 is 0 Å². The zero-order chi connectivity index (χ0) is 18.4. The minimum Gasteiger partial charge on any atom is -0.370 e. The van der Waals surface area contributed by atoms with E-state index in [0.717, 1.165) is 6.26 Å². The number of anilines is 4. The predicted molar refractivity (Wildman–Crippen MR) is 96.2 cm³/mol. The lowest BCUT2D eigenvalue weighted by molar-refractivity contribution is -0.121. The Hall–Kier alpha value is -2.61. The zero-order valence-electron chi connectivity index (χ0n) is 14.0. The fraction of sp³-hybridized carbons (Fsp3) is 0.235. The quantitative estimate of drug-likeness (QED) is 0.878. The van der Waals surface area contributed by atoms with Crippen LogP contribution in [0, 0.1) is 5.82 Å². The van der Waals surface area contributed by atoms with Gasteiger partial charge in [-0.05, 0) is 56.3 Å². The molecule has 1 aliphatic heterocycles. The molecule has 8 heteroatoms. The molecule has 0 unspecified atom stereocenters. The van der Waals surface area contributed by atoms with E-state index in [4.69, 9.17) is 0 Å². The van der Waals surface area contributed by atoms with Crippen LogP contribution in [0.1, 0.15) is 13.8 Å². The number of hydrogen-bond acceptors (Lipinski definition) is 4. The Balaban J connectivity index is 2.11. The van der Waals surface area contributed by atoms with Crippen molar-refractivity contribution < 1.29 is 17.6 Å². The van der Waals surface area contributed by atoms with Gasteiger partial charge in [0.25, 0.3) is 5.91 Å². The Kier molecular flexibility index (Phi) is 3.95. The molecule has 0 radical (unpaired) electrons. The van der Waals surface area contributed by atoms with Crippen LogP contribution in [0.4, 0.5) is 27.1 Å². The number of amides is 1. The fourth-order valence-corrected chi connectivity index (χ4v) is 3.29. The Bertz CT molecular complexity index is 940. The molecule has 1 amide bonds. The first kappa shape index (κ1) is 17.2. The van der Waals surface area contributed by atoms with Gasteiger partial charge in [0.05, 0.1) is 23.3 Å². The molecule has 1 heterocycles. The number of rotatable bonds is 3. The van der Waals surface area contributed by atoms with Crippen molar-refractivity contribution in [1.29, 1.82) is 0 Å². The number of nitrogens with zero attached hydrogens (tertiary/aromatic N) is 1. The van der Waals surface area contributed by atoms with Crippen molar-refractivity contribution in [3.8, 4) is 0 Å². The van der Waals surface area contributed by atoms with Gasteiger partial charge in [-0.2, -0.15) is 0 Å². The molecule has 0 aliphatic carbocycles. The molecule has 0 spiro atoms. The summed E-state index contributed by atoms with van der Waals surface area (Å²) in [5.74, 6) is -0.589. The molecule has 0 saturated carbocycles. The van der Waals surface area contributed by atoms with Crippen molar-refractivity contribution in [3.05, 3.63) is 48.3 Å². The van der Waals surface area contributed by atoms with Crippen LogP contribution in [0.2, 0.25) is 0 Å². The van der Waals surface area contributed by atoms with Crippen LogP contribution in [-0.2, 0) is 14.8 Å². The lowest BCUT2D eigenvalue weighted by atomic mass is 9.97. The van der Waals surface area contributed by atoms with Gasteiger partial charge in [0, 0.05) is 5.69 Å². The molecule has 0 fully saturated rings. The van der Waals surface area contributed by atoms with E-state index < -0.39 is 21.4 Å². The Morgan fingerprint density at radius 2 is 1.76 bits per heavy atom. The summed E-state index contributed by atoms with van der Waals surface area (Å²) in [6.07, 6.45) is 1.07. The van der Waals surface area contributed by atoms with Crippen molar-refractivity contribution in [2.24, 2.45) is 0 Å². The first-order valence-corrected chi connectivity index (χ1v) is 9.46. The van der Waals surface area contributed by atoms with E-state index in [1.165, 1.54) is 29.2 Å². The molecule has 0 atom stereocenters. The molecule has 25 heavy (non-hydrogen) atoms. The number of sulfonamides is 1. The highest BCUT2D eigenvalue weighted by Gasteiger charge is 2.39. The van der Waals surface area contributed by atoms with Crippen LogP contribution in [0.5, 0.6) is 0 Å². The van der Waals surface area contributed by atoms with Crippen LogP contribution in [0.25, 0.3) is 0 Å². The van der Waals surface area contributed by atoms with Gasteiger partial charge in [0.1, 0.15) is 11.4 Å². The monoisotopic (exact) mass is 363 g/mol. The first-order valence-electron chi connectivity index (χ1n) is 7.57. The van der Waals surface area contributed by atoms with Gasteiger partial charge in [-0.3, -0.25) is 14.4 Å². The van der Waals surface area contributed by atoms with Crippen molar-refractivity contribution >= 4 is 38.7 Å². The second-order valence-electron chi connectivity index (χ2n) is 6.47. The molecule has 0 aromatic heterocycles. The molecular formula is C17H18FN3O3S. The summed E-state index contributed by atoms with van der Waals surface area (Å²) in [6, 6.07) is 10.5. The van der Waals surface area contributed by atoms with Crippen molar-refractivity contribution in [2.45, 2.75) is 19.4 Å². The minimum atomic E-state index is -3.41. The van der Waals surface area contributed by atoms with E-state index in [1.807, 2.05) is 0 Å². The van der Waals surface area contributed by atoms with Crippen LogP contribution in [0.15, 0.2) is 42.5 Å². The first-order chi connectivity index (χ1) is 11.6. The third-order valence-corrected chi connectivity index (χ3v) is 4.42. The molecule has 132 valence electrons. The predicted octanol–water partition coefficient (Wildman–Crippen LogP) is 3.07. The zero-order valence-corrected chi connectivity index (χ0v) is 14.8. The Morgan fingerprint density at radius 1 is 1.12 bits per heavy atom. The van der Waals surface area contributed by atoms with Crippen molar-refractivity contribution in [1.82, 2.24) is 0 Å². The van der Waals surface area contributed by atoms with Gasteiger partial charge in [0.2, 0.25) is 10.0 Å². The van der Waals surface area contributed by atoms with Crippen LogP contribution in [-0.4, -0.2) is 26.1 Å². The van der Waals surface area contributed by atoms with E-state index in [1.54, 1.807) is 32.0 Å². The standard InChI is InChI=1S/C17H18FN3O3S/c1-17(2)16(22)21(13-7-4-11(18)5-8-13)15-9-6-12(10-14(15)19-17)20-25(3,23)24/h4-10,19-20H,1-3H3. The molecule has 1 aliphatic rings. The van der Waals surface area contributed by atoms with Gasteiger partial charge in [-0.1, -0.05) is 0 Å².